The number of H-pyrrole nitrogens is 1. The fourth-order valence-electron chi connectivity index (χ4n) is 4.46. The molecule has 4 aromatic rings. The van der Waals surface area contributed by atoms with E-state index in [-0.39, 0.29) is 17.3 Å². The number of nitrogens with one attached hydrogen (secondary N) is 1. The van der Waals surface area contributed by atoms with Crippen molar-refractivity contribution in [1.29, 1.82) is 0 Å². The molecule has 1 aliphatic carbocycles. The van der Waals surface area contributed by atoms with Crippen LogP contribution in [0.3, 0.4) is 0 Å². The first-order chi connectivity index (χ1) is 17.1. The zero-order valence-electron chi connectivity index (χ0n) is 20.4. The van der Waals surface area contributed by atoms with Gasteiger partial charge in [0.15, 0.2) is 0 Å². The molecule has 0 unspecified atom stereocenters. The van der Waals surface area contributed by atoms with Gasteiger partial charge in [-0.25, -0.2) is 17.8 Å². The van der Waals surface area contributed by atoms with Crippen molar-refractivity contribution in [2.75, 3.05) is 17.1 Å². The predicted molar refractivity (Wildman–Crippen MR) is 139 cm³/mol. The van der Waals surface area contributed by atoms with Gasteiger partial charge < -0.3 is 9.40 Å². The molecule has 0 saturated heterocycles. The summed E-state index contributed by atoms with van der Waals surface area (Å²) < 4.78 is 47.2. The van der Waals surface area contributed by atoms with Crippen molar-refractivity contribution in [3.8, 4) is 22.7 Å². The first kappa shape index (κ1) is 24.2. The molecule has 1 saturated carbocycles. The second-order valence-corrected chi connectivity index (χ2v) is 11.7. The highest BCUT2D eigenvalue weighted by molar-refractivity contribution is 7.92. The third kappa shape index (κ3) is 4.80. The van der Waals surface area contributed by atoms with Gasteiger partial charge in [0.1, 0.15) is 23.0 Å². The van der Waals surface area contributed by atoms with Crippen LogP contribution in [0, 0.1) is 11.7 Å². The topological polar surface area (TPSA) is 96.3 Å². The molecule has 1 fully saturated rings. The molecular weight excluding hydrogens is 481 g/mol. The number of anilines is 1. The Hall–Kier alpha value is -3.46. The van der Waals surface area contributed by atoms with Gasteiger partial charge in [0.2, 0.25) is 10.0 Å². The van der Waals surface area contributed by atoms with E-state index in [0.29, 0.717) is 58.3 Å². The maximum atomic E-state index is 13.7. The van der Waals surface area contributed by atoms with Crippen LogP contribution in [0.1, 0.15) is 44.6 Å². The molecule has 9 heteroatoms. The van der Waals surface area contributed by atoms with E-state index >= 15 is 0 Å². The van der Waals surface area contributed by atoms with Crippen molar-refractivity contribution in [2.24, 2.45) is 5.92 Å². The lowest BCUT2D eigenvalue weighted by atomic mass is 10.00. The van der Waals surface area contributed by atoms with Gasteiger partial charge in [0.25, 0.3) is 5.56 Å². The van der Waals surface area contributed by atoms with Crippen molar-refractivity contribution in [2.45, 2.75) is 39.0 Å². The molecule has 2 aromatic heterocycles. The Labute approximate surface area is 209 Å². The molecule has 36 heavy (non-hydrogen) atoms. The molecular formula is C27H28FN3O4S. The van der Waals surface area contributed by atoms with Crippen molar-refractivity contribution in [1.82, 2.24) is 9.97 Å². The molecule has 2 heterocycles. The first-order valence-corrected chi connectivity index (χ1v) is 13.9. The van der Waals surface area contributed by atoms with E-state index in [4.69, 9.17) is 4.42 Å². The fraction of sp³-hybridized carbons (Fsp3) is 0.333. The van der Waals surface area contributed by atoms with Gasteiger partial charge in [-0.15, -0.1) is 0 Å². The Balaban J connectivity index is 1.78. The number of aromatic amines is 1. The molecule has 0 spiro atoms. The molecule has 0 aliphatic heterocycles. The van der Waals surface area contributed by atoms with Crippen LogP contribution in [-0.4, -0.2) is 31.2 Å². The Bertz CT molecular complexity index is 1590. The largest absolute Gasteiger partial charge is 0.455 e. The van der Waals surface area contributed by atoms with Gasteiger partial charge in [0, 0.05) is 35.8 Å². The normalized spacial score (nSPS) is 14.0. The molecule has 1 aliphatic rings. The molecule has 2 aromatic carbocycles. The van der Waals surface area contributed by atoms with E-state index in [1.807, 2.05) is 6.07 Å². The van der Waals surface area contributed by atoms with Gasteiger partial charge >= 0.3 is 0 Å². The summed E-state index contributed by atoms with van der Waals surface area (Å²) in [5, 5.41) is 0.714. The number of sulfonamides is 1. The van der Waals surface area contributed by atoms with Gasteiger partial charge in [0.05, 0.1) is 17.5 Å². The van der Waals surface area contributed by atoms with E-state index in [9.17, 15) is 17.6 Å². The number of hydrogen-bond acceptors (Lipinski definition) is 5. The summed E-state index contributed by atoms with van der Waals surface area (Å²) in [6, 6.07) is 11.0. The lowest BCUT2D eigenvalue weighted by molar-refractivity contribution is 0.572. The Morgan fingerprint density at radius 2 is 1.89 bits per heavy atom. The maximum absolute atomic E-state index is 13.7. The van der Waals surface area contributed by atoms with E-state index in [0.717, 1.165) is 18.4 Å². The van der Waals surface area contributed by atoms with E-state index < -0.39 is 10.0 Å². The van der Waals surface area contributed by atoms with E-state index in [1.54, 1.807) is 18.2 Å². The lowest BCUT2D eigenvalue weighted by Crippen LogP contribution is -2.32. The molecule has 0 bridgehead atoms. The number of fused-ring (bicyclic) bond motifs is 1. The van der Waals surface area contributed by atoms with Crippen molar-refractivity contribution in [3.05, 3.63) is 70.4 Å². The molecule has 5 rings (SSSR count). The minimum Gasteiger partial charge on any atom is -0.455 e. The minimum absolute atomic E-state index is 0.243. The summed E-state index contributed by atoms with van der Waals surface area (Å²) in [7, 11) is -3.54. The van der Waals surface area contributed by atoms with Crippen LogP contribution >= 0.6 is 0 Å². The summed E-state index contributed by atoms with van der Waals surface area (Å²) in [5.74, 6) is 0.951. The predicted octanol–water partition coefficient (Wildman–Crippen LogP) is 5.68. The number of halogens is 1. The minimum atomic E-state index is -3.54. The summed E-state index contributed by atoms with van der Waals surface area (Å²) in [4.78, 5) is 19.3. The van der Waals surface area contributed by atoms with Crippen LogP contribution in [0.5, 0.6) is 0 Å². The molecule has 188 valence electrons. The van der Waals surface area contributed by atoms with Crippen molar-refractivity contribution >= 4 is 26.7 Å². The first-order valence-electron chi connectivity index (χ1n) is 12.0. The number of rotatable bonds is 8. The highest BCUT2D eigenvalue weighted by atomic mass is 32.2. The standard InChI is InChI=1S/C27H28FN3O4S/c1-16(2)11-13-31(36(3,33)34)22-15-23-21(14-20(22)17-4-5-17)25(27-29-12-10-24(32)30-27)26(35-23)18-6-8-19(28)9-7-18/h6-10,12,14-17H,4-5,11,13H2,1-3H3,(H,29,30,32). The SMILES string of the molecule is CC(C)CCN(c1cc2oc(-c3ccc(F)cc3)c(-c3nccc(=O)[nH]3)c2cc1C1CC1)S(C)(=O)=O. The quantitative estimate of drug-likeness (QED) is 0.330. The van der Waals surface area contributed by atoms with E-state index in [2.05, 4.69) is 23.8 Å². The zero-order valence-corrected chi connectivity index (χ0v) is 21.2. The molecule has 7 nitrogen and oxygen atoms in total. The molecule has 0 amide bonds. The highest BCUT2D eigenvalue weighted by Gasteiger charge is 2.32. The number of aromatic nitrogens is 2. The van der Waals surface area contributed by atoms with Crippen LogP contribution < -0.4 is 9.86 Å². The average molecular weight is 510 g/mol. The molecule has 1 N–H and O–H groups in total. The van der Waals surface area contributed by atoms with Gasteiger partial charge in [-0.2, -0.15) is 0 Å². The number of benzene rings is 2. The lowest BCUT2D eigenvalue weighted by Gasteiger charge is -2.26. The number of nitrogens with zero attached hydrogens (tertiary/aromatic N) is 2. The van der Waals surface area contributed by atoms with Crippen molar-refractivity contribution in [3.63, 3.8) is 0 Å². The zero-order chi connectivity index (χ0) is 25.6. The summed E-state index contributed by atoms with van der Waals surface area (Å²) in [5.41, 5.74) is 2.90. The van der Waals surface area contributed by atoms with Crippen LogP contribution in [0.2, 0.25) is 0 Å². The molecule has 0 radical (unpaired) electrons. The van der Waals surface area contributed by atoms with E-state index in [1.165, 1.54) is 35.0 Å². The van der Waals surface area contributed by atoms with Gasteiger partial charge in [-0.05, 0) is 67.0 Å². The smallest absolute Gasteiger partial charge is 0.251 e. The van der Waals surface area contributed by atoms with Crippen LogP contribution in [0.15, 0.2) is 57.9 Å². The monoisotopic (exact) mass is 509 g/mol. The van der Waals surface area contributed by atoms with Crippen LogP contribution in [-0.2, 0) is 10.0 Å². The van der Waals surface area contributed by atoms with Gasteiger partial charge in [-0.1, -0.05) is 13.8 Å². The average Bonchev–Trinajstić information content (AvgIpc) is 3.58. The van der Waals surface area contributed by atoms with Crippen molar-refractivity contribution < 1.29 is 17.2 Å². The summed E-state index contributed by atoms with van der Waals surface area (Å²) >= 11 is 0. The fourth-order valence-corrected chi connectivity index (χ4v) is 5.42. The number of furan rings is 1. The number of hydrogen-bond donors (Lipinski definition) is 1. The second-order valence-electron chi connectivity index (χ2n) is 9.79. The maximum Gasteiger partial charge on any atom is 0.251 e. The Kier molecular flexibility index (Phi) is 6.20. The summed E-state index contributed by atoms with van der Waals surface area (Å²) in [6.45, 7) is 4.49. The summed E-state index contributed by atoms with van der Waals surface area (Å²) in [6.07, 6.45) is 5.31. The second kappa shape index (κ2) is 9.20. The molecule has 0 atom stereocenters. The third-order valence-corrected chi connectivity index (χ3v) is 7.63. The van der Waals surface area contributed by atoms with Crippen LogP contribution in [0.25, 0.3) is 33.7 Å². The Morgan fingerprint density at radius 3 is 2.50 bits per heavy atom. The highest BCUT2D eigenvalue weighted by Crippen LogP contribution is 2.49. The van der Waals surface area contributed by atoms with Gasteiger partial charge in [-0.3, -0.25) is 9.10 Å². The Morgan fingerprint density at radius 1 is 1.17 bits per heavy atom. The third-order valence-electron chi connectivity index (χ3n) is 6.45. The van der Waals surface area contributed by atoms with Crippen LogP contribution in [0.4, 0.5) is 10.1 Å².